The zero-order valence-corrected chi connectivity index (χ0v) is 10.8. The zero-order chi connectivity index (χ0) is 12.4. The van der Waals surface area contributed by atoms with Crippen molar-refractivity contribution in [2.75, 3.05) is 0 Å². The van der Waals surface area contributed by atoms with Crippen LogP contribution in [0, 0.1) is 0 Å². The molecule has 0 heterocycles. The monoisotopic (exact) mass is 237 g/mol. The van der Waals surface area contributed by atoms with E-state index >= 15 is 0 Å². The van der Waals surface area contributed by atoms with E-state index in [-0.39, 0.29) is 0 Å². The lowest BCUT2D eigenvalue weighted by molar-refractivity contribution is 0.522. The number of isocyanates is 1. The smallest absolute Gasteiger partial charge is 0.211 e. The summed E-state index contributed by atoms with van der Waals surface area (Å²) in [6, 6.07) is 7.81. The maximum atomic E-state index is 10.4. The molecule has 0 amide bonds. The van der Waals surface area contributed by atoms with Crippen molar-refractivity contribution in [3.63, 3.8) is 0 Å². The summed E-state index contributed by atoms with van der Waals surface area (Å²) in [5.41, 5.74) is 1.42. The van der Waals surface area contributed by atoms with Gasteiger partial charge in [0.25, 0.3) is 0 Å². The topological polar surface area (TPSA) is 29.4 Å². The van der Waals surface area contributed by atoms with Gasteiger partial charge in [0.15, 0.2) is 0 Å². The van der Waals surface area contributed by atoms with Gasteiger partial charge in [0.05, 0.1) is 10.4 Å². The summed E-state index contributed by atoms with van der Waals surface area (Å²) in [7, 11) is 0. The van der Waals surface area contributed by atoms with Gasteiger partial charge < -0.3 is 0 Å². The third kappa shape index (κ3) is 2.94. The van der Waals surface area contributed by atoms with Crippen molar-refractivity contribution in [2.45, 2.75) is 38.1 Å². The summed E-state index contributed by atoms with van der Waals surface area (Å²) in [4.78, 5) is 13.7. The highest BCUT2D eigenvalue weighted by Crippen LogP contribution is 2.31. The molecule has 0 aliphatic heterocycles. The van der Waals surface area contributed by atoms with Gasteiger partial charge in [-0.15, -0.1) is 11.6 Å². The summed E-state index contributed by atoms with van der Waals surface area (Å²) in [5.74, 6) is 0. The lowest BCUT2D eigenvalue weighted by atomic mass is 9.91. The predicted molar refractivity (Wildman–Crippen MR) is 66.5 cm³/mol. The third-order valence-corrected chi connectivity index (χ3v) is 2.80. The van der Waals surface area contributed by atoms with Crippen molar-refractivity contribution < 1.29 is 4.79 Å². The fourth-order valence-electron chi connectivity index (χ4n) is 1.45. The molecule has 0 spiro atoms. The number of nitrogens with zero attached hydrogens (tertiary/aromatic N) is 1. The van der Waals surface area contributed by atoms with Gasteiger partial charge in [-0.2, -0.15) is 4.99 Å². The molecule has 0 N–H and O–H groups in total. The van der Waals surface area contributed by atoms with Crippen molar-refractivity contribution in [1.82, 2.24) is 0 Å². The van der Waals surface area contributed by atoms with E-state index in [4.69, 9.17) is 11.6 Å². The SMILES string of the molecule is CC(C)(Cl)c1cccc(C(C)(C)N=C=O)c1. The van der Waals surface area contributed by atoms with Gasteiger partial charge >= 0.3 is 0 Å². The minimum absolute atomic E-state index is 0.420. The van der Waals surface area contributed by atoms with Crippen LogP contribution < -0.4 is 0 Å². The molecule has 0 aliphatic rings. The van der Waals surface area contributed by atoms with E-state index in [9.17, 15) is 4.79 Å². The van der Waals surface area contributed by atoms with Crippen LogP contribution >= 0.6 is 11.6 Å². The molecule has 0 atom stereocenters. The second kappa shape index (κ2) is 4.40. The Hall–Kier alpha value is -1.11. The lowest BCUT2D eigenvalue weighted by Crippen LogP contribution is -2.15. The second-order valence-corrected chi connectivity index (χ2v) is 5.76. The van der Waals surface area contributed by atoms with Crippen molar-refractivity contribution in [2.24, 2.45) is 4.99 Å². The zero-order valence-electron chi connectivity index (χ0n) is 10.0. The number of benzene rings is 1. The molecule has 0 fully saturated rings. The summed E-state index contributed by atoms with van der Waals surface area (Å²) < 4.78 is 0. The third-order valence-electron chi connectivity index (χ3n) is 2.58. The van der Waals surface area contributed by atoms with Gasteiger partial charge in [0.1, 0.15) is 0 Å². The molecule has 0 aromatic heterocycles. The van der Waals surface area contributed by atoms with Crippen molar-refractivity contribution >= 4 is 17.7 Å². The number of halogens is 1. The van der Waals surface area contributed by atoms with Gasteiger partial charge in [-0.25, -0.2) is 4.79 Å². The molecule has 0 saturated heterocycles. The first-order chi connectivity index (χ1) is 7.27. The maximum Gasteiger partial charge on any atom is 0.235 e. The van der Waals surface area contributed by atoms with E-state index in [1.807, 2.05) is 52.0 Å². The van der Waals surface area contributed by atoms with Gasteiger partial charge in [0, 0.05) is 0 Å². The minimum Gasteiger partial charge on any atom is -0.211 e. The Morgan fingerprint density at radius 3 is 2.25 bits per heavy atom. The standard InChI is InChI=1S/C13H16ClNO/c1-12(2,14)10-6-5-7-11(8-10)13(3,4)15-9-16/h5-8H,1-4H3. The first-order valence-electron chi connectivity index (χ1n) is 5.16. The van der Waals surface area contributed by atoms with E-state index in [1.165, 1.54) is 0 Å². The van der Waals surface area contributed by atoms with Crippen molar-refractivity contribution in [3.05, 3.63) is 35.4 Å². The Bertz CT molecular complexity index is 426. The minimum atomic E-state index is -0.556. The van der Waals surface area contributed by atoms with Gasteiger partial charge in [-0.1, -0.05) is 24.3 Å². The highest BCUT2D eigenvalue weighted by Gasteiger charge is 2.23. The van der Waals surface area contributed by atoms with Crippen LogP contribution in [0.2, 0.25) is 0 Å². The number of carbonyl (C=O) groups excluding carboxylic acids is 1. The lowest BCUT2D eigenvalue weighted by Gasteiger charge is -2.22. The summed E-state index contributed by atoms with van der Waals surface area (Å²) in [5, 5.41) is 0. The Balaban J connectivity index is 3.23. The molecule has 0 aliphatic carbocycles. The molecule has 16 heavy (non-hydrogen) atoms. The Kier molecular flexibility index (Phi) is 3.57. The Morgan fingerprint density at radius 1 is 1.19 bits per heavy atom. The first-order valence-corrected chi connectivity index (χ1v) is 5.54. The number of aliphatic imine (C=N–C) groups is 1. The fourth-order valence-corrected chi connectivity index (χ4v) is 1.57. The summed E-state index contributed by atoms with van der Waals surface area (Å²) in [6.07, 6.45) is 1.61. The quantitative estimate of drug-likeness (QED) is 0.448. The van der Waals surface area contributed by atoms with E-state index in [0.717, 1.165) is 11.1 Å². The van der Waals surface area contributed by atoms with Gasteiger partial charge in [0.2, 0.25) is 6.08 Å². The van der Waals surface area contributed by atoms with E-state index in [2.05, 4.69) is 4.99 Å². The molecule has 1 aromatic carbocycles. The molecule has 3 heteroatoms. The molecule has 0 saturated carbocycles. The largest absolute Gasteiger partial charge is 0.235 e. The number of hydrogen-bond donors (Lipinski definition) is 0. The molecule has 86 valence electrons. The average molecular weight is 238 g/mol. The molecule has 1 aromatic rings. The van der Waals surface area contributed by atoms with E-state index in [0.29, 0.717) is 0 Å². The van der Waals surface area contributed by atoms with E-state index in [1.54, 1.807) is 6.08 Å². The van der Waals surface area contributed by atoms with Gasteiger partial charge in [-0.05, 0) is 38.8 Å². The van der Waals surface area contributed by atoms with Crippen molar-refractivity contribution in [1.29, 1.82) is 0 Å². The molecule has 0 radical (unpaired) electrons. The highest BCUT2D eigenvalue weighted by molar-refractivity contribution is 6.23. The fraction of sp³-hybridized carbons (Fsp3) is 0.462. The first kappa shape index (κ1) is 13.0. The van der Waals surface area contributed by atoms with Crippen LogP contribution in [0.25, 0.3) is 0 Å². The predicted octanol–water partition coefficient (Wildman–Crippen LogP) is 3.73. The van der Waals surface area contributed by atoms with Gasteiger partial charge in [-0.3, -0.25) is 0 Å². The summed E-state index contributed by atoms with van der Waals surface area (Å²) >= 11 is 6.25. The maximum absolute atomic E-state index is 10.4. The van der Waals surface area contributed by atoms with Crippen molar-refractivity contribution in [3.8, 4) is 0 Å². The Labute approximate surface area is 101 Å². The molecular formula is C13H16ClNO. The van der Waals surface area contributed by atoms with Crippen LogP contribution in [0.1, 0.15) is 38.8 Å². The Morgan fingerprint density at radius 2 is 1.75 bits per heavy atom. The van der Waals surface area contributed by atoms with E-state index < -0.39 is 10.4 Å². The van der Waals surface area contributed by atoms with Crippen LogP contribution in [0.15, 0.2) is 29.3 Å². The van der Waals surface area contributed by atoms with Crippen LogP contribution in [-0.2, 0) is 15.2 Å². The normalized spacial score (nSPS) is 12.1. The molecule has 0 unspecified atom stereocenters. The molecule has 1 rings (SSSR count). The van der Waals surface area contributed by atoms with Crippen LogP contribution in [0.5, 0.6) is 0 Å². The van der Waals surface area contributed by atoms with Crippen LogP contribution in [0.4, 0.5) is 0 Å². The summed E-state index contributed by atoms with van der Waals surface area (Å²) in [6.45, 7) is 7.61. The average Bonchev–Trinajstić information content (AvgIpc) is 2.16. The molecule has 0 bridgehead atoms. The second-order valence-electron chi connectivity index (χ2n) is 4.82. The van der Waals surface area contributed by atoms with Crippen LogP contribution in [-0.4, -0.2) is 6.08 Å². The number of alkyl halides is 1. The number of rotatable bonds is 3. The molecule has 2 nitrogen and oxygen atoms in total. The van der Waals surface area contributed by atoms with Crippen LogP contribution in [0.3, 0.4) is 0 Å². The highest BCUT2D eigenvalue weighted by atomic mass is 35.5. The number of hydrogen-bond acceptors (Lipinski definition) is 2. The molecular weight excluding hydrogens is 222 g/mol.